The van der Waals surface area contributed by atoms with Crippen molar-refractivity contribution in [2.45, 2.75) is 6.54 Å². The molecule has 0 aliphatic rings. The van der Waals surface area contributed by atoms with E-state index in [2.05, 4.69) is 15.3 Å². The zero-order valence-corrected chi connectivity index (χ0v) is 8.38. The molecule has 0 bridgehead atoms. The van der Waals surface area contributed by atoms with Crippen LogP contribution < -0.4 is 11.1 Å². The Morgan fingerprint density at radius 1 is 1.38 bits per heavy atom. The molecule has 82 valence electrons. The first-order chi connectivity index (χ1) is 7.79. The van der Waals surface area contributed by atoms with Crippen molar-refractivity contribution in [2.24, 2.45) is 5.73 Å². The van der Waals surface area contributed by atoms with Crippen LogP contribution in [0.1, 0.15) is 16.3 Å². The summed E-state index contributed by atoms with van der Waals surface area (Å²) in [6.07, 6.45) is 4.38. The molecule has 0 atom stereocenters. The minimum absolute atomic E-state index is 0.212. The molecule has 2 heterocycles. The first-order valence-electron chi connectivity index (χ1n) is 4.65. The molecule has 6 heteroatoms. The summed E-state index contributed by atoms with van der Waals surface area (Å²) >= 11 is 0. The van der Waals surface area contributed by atoms with Gasteiger partial charge in [0.1, 0.15) is 12.1 Å². The first-order valence-corrected chi connectivity index (χ1v) is 4.65. The second kappa shape index (κ2) is 4.54. The number of nitrogens with zero attached hydrogens (tertiary/aromatic N) is 2. The second-order valence-corrected chi connectivity index (χ2v) is 3.05. The van der Waals surface area contributed by atoms with Crippen molar-refractivity contribution in [3.63, 3.8) is 0 Å². The highest BCUT2D eigenvalue weighted by atomic mass is 16.4. The molecule has 2 aromatic heterocycles. The van der Waals surface area contributed by atoms with E-state index < -0.39 is 0 Å². The maximum atomic E-state index is 11.6. The summed E-state index contributed by atoms with van der Waals surface area (Å²) in [6, 6.07) is 3.23. The van der Waals surface area contributed by atoms with E-state index in [0.717, 1.165) is 0 Å². The van der Waals surface area contributed by atoms with Crippen LogP contribution in [-0.4, -0.2) is 15.9 Å². The van der Waals surface area contributed by atoms with Crippen molar-refractivity contribution in [1.29, 1.82) is 0 Å². The van der Waals surface area contributed by atoms with E-state index >= 15 is 0 Å². The molecule has 0 fully saturated rings. The summed E-state index contributed by atoms with van der Waals surface area (Å²) in [4.78, 5) is 19.2. The van der Waals surface area contributed by atoms with E-state index in [9.17, 15) is 4.79 Å². The van der Waals surface area contributed by atoms with Crippen LogP contribution in [0, 0.1) is 0 Å². The van der Waals surface area contributed by atoms with Gasteiger partial charge in [-0.25, -0.2) is 9.97 Å². The minimum atomic E-state index is -0.352. The molecule has 1 amide bonds. The third-order valence-corrected chi connectivity index (χ3v) is 1.91. The van der Waals surface area contributed by atoms with Gasteiger partial charge >= 0.3 is 0 Å². The van der Waals surface area contributed by atoms with Crippen molar-refractivity contribution in [1.82, 2.24) is 9.97 Å². The lowest BCUT2D eigenvalue weighted by Gasteiger charge is -2.00. The standard InChI is InChI=1S/C10H10N4O2/c11-3-8-1-2-9(16-8)10(15)14-7-4-12-6-13-5-7/h1-2,4-6H,3,11H2,(H,14,15). The van der Waals surface area contributed by atoms with Crippen LogP contribution in [0.3, 0.4) is 0 Å². The molecular weight excluding hydrogens is 208 g/mol. The maximum absolute atomic E-state index is 11.6. The van der Waals surface area contributed by atoms with Crippen LogP contribution >= 0.6 is 0 Å². The van der Waals surface area contributed by atoms with Crippen LogP contribution in [0.25, 0.3) is 0 Å². The zero-order chi connectivity index (χ0) is 11.4. The van der Waals surface area contributed by atoms with Gasteiger partial charge < -0.3 is 15.5 Å². The molecular formula is C10H10N4O2. The highest BCUT2D eigenvalue weighted by Crippen LogP contribution is 2.10. The third kappa shape index (κ3) is 2.23. The Morgan fingerprint density at radius 3 is 2.75 bits per heavy atom. The number of hydrogen-bond donors (Lipinski definition) is 2. The molecule has 0 radical (unpaired) electrons. The van der Waals surface area contributed by atoms with Gasteiger partial charge in [0.2, 0.25) is 0 Å². The van der Waals surface area contributed by atoms with E-state index in [1.807, 2.05) is 0 Å². The number of nitrogens with two attached hydrogens (primary N) is 1. The van der Waals surface area contributed by atoms with E-state index in [-0.39, 0.29) is 18.2 Å². The molecule has 0 spiro atoms. The monoisotopic (exact) mass is 218 g/mol. The van der Waals surface area contributed by atoms with E-state index in [1.165, 1.54) is 18.7 Å². The number of anilines is 1. The molecule has 16 heavy (non-hydrogen) atoms. The topological polar surface area (TPSA) is 94.0 Å². The average molecular weight is 218 g/mol. The lowest BCUT2D eigenvalue weighted by Crippen LogP contribution is -2.11. The average Bonchev–Trinajstić information content (AvgIpc) is 2.79. The number of rotatable bonds is 3. The predicted molar refractivity (Wildman–Crippen MR) is 56.6 cm³/mol. The Labute approximate surface area is 91.5 Å². The van der Waals surface area contributed by atoms with Gasteiger partial charge in [0, 0.05) is 0 Å². The molecule has 0 aliphatic carbocycles. The summed E-state index contributed by atoms with van der Waals surface area (Å²) in [5.41, 5.74) is 5.88. The Kier molecular flexibility index (Phi) is 2.93. The fourth-order valence-corrected chi connectivity index (χ4v) is 1.17. The van der Waals surface area contributed by atoms with Crippen molar-refractivity contribution >= 4 is 11.6 Å². The van der Waals surface area contributed by atoms with Gasteiger partial charge in [-0.2, -0.15) is 0 Å². The van der Waals surface area contributed by atoms with Crippen LogP contribution in [-0.2, 0) is 6.54 Å². The van der Waals surface area contributed by atoms with Gasteiger partial charge in [0.25, 0.3) is 5.91 Å². The maximum Gasteiger partial charge on any atom is 0.291 e. The Balaban J connectivity index is 2.09. The Hall–Kier alpha value is -2.21. The highest BCUT2D eigenvalue weighted by molar-refractivity contribution is 6.02. The molecule has 0 aliphatic heterocycles. The van der Waals surface area contributed by atoms with Crippen LogP contribution in [0.15, 0.2) is 35.3 Å². The molecule has 0 unspecified atom stereocenters. The smallest absolute Gasteiger partial charge is 0.291 e. The molecule has 2 aromatic rings. The molecule has 0 saturated heterocycles. The lowest BCUT2D eigenvalue weighted by molar-refractivity contribution is 0.0995. The SMILES string of the molecule is NCc1ccc(C(=O)Nc2cncnc2)o1. The van der Waals surface area contributed by atoms with Gasteiger partial charge in [-0.1, -0.05) is 0 Å². The Bertz CT molecular complexity index is 481. The largest absolute Gasteiger partial charge is 0.455 e. The molecule has 0 saturated carbocycles. The summed E-state index contributed by atoms with van der Waals surface area (Å²) in [6.45, 7) is 0.266. The quantitative estimate of drug-likeness (QED) is 0.793. The summed E-state index contributed by atoms with van der Waals surface area (Å²) in [5, 5.41) is 2.60. The number of nitrogens with one attached hydrogen (secondary N) is 1. The molecule has 6 nitrogen and oxygen atoms in total. The Morgan fingerprint density at radius 2 is 2.12 bits per heavy atom. The van der Waals surface area contributed by atoms with Crippen molar-refractivity contribution in [2.75, 3.05) is 5.32 Å². The summed E-state index contributed by atoms with van der Waals surface area (Å²) in [7, 11) is 0. The number of aromatic nitrogens is 2. The first kappa shape index (κ1) is 10.3. The second-order valence-electron chi connectivity index (χ2n) is 3.05. The van der Waals surface area contributed by atoms with E-state index in [1.54, 1.807) is 12.1 Å². The summed E-state index contributed by atoms with van der Waals surface area (Å²) < 4.78 is 5.19. The van der Waals surface area contributed by atoms with Gasteiger partial charge in [0.15, 0.2) is 5.76 Å². The molecule has 2 rings (SSSR count). The number of amides is 1. The zero-order valence-electron chi connectivity index (χ0n) is 8.38. The fourth-order valence-electron chi connectivity index (χ4n) is 1.17. The highest BCUT2D eigenvalue weighted by Gasteiger charge is 2.10. The minimum Gasteiger partial charge on any atom is -0.455 e. The number of furan rings is 1. The molecule has 3 N–H and O–H groups in total. The third-order valence-electron chi connectivity index (χ3n) is 1.91. The predicted octanol–water partition coefficient (Wildman–Crippen LogP) is 0.781. The van der Waals surface area contributed by atoms with E-state index in [0.29, 0.717) is 11.4 Å². The van der Waals surface area contributed by atoms with Crippen LogP contribution in [0.4, 0.5) is 5.69 Å². The van der Waals surface area contributed by atoms with Gasteiger partial charge in [0.05, 0.1) is 24.6 Å². The number of carbonyl (C=O) groups excluding carboxylic acids is 1. The number of hydrogen-bond acceptors (Lipinski definition) is 5. The van der Waals surface area contributed by atoms with Crippen LogP contribution in [0.2, 0.25) is 0 Å². The lowest BCUT2D eigenvalue weighted by atomic mass is 10.4. The van der Waals surface area contributed by atoms with Crippen molar-refractivity contribution in [3.8, 4) is 0 Å². The number of carbonyl (C=O) groups is 1. The van der Waals surface area contributed by atoms with Gasteiger partial charge in [-0.15, -0.1) is 0 Å². The normalized spacial score (nSPS) is 10.1. The van der Waals surface area contributed by atoms with E-state index in [4.69, 9.17) is 10.2 Å². The molecule has 0 aromatic carbocycles. The van der Waals surface area contributed by atoms with Crippen molar-refractivity contribution < 1.29 is 9.21 Å². The van der Waals surface area contributed by atoms with Crippen LogP contribution in [0.5, 0.6) is 0 Å². The van der Waals surface area contributed by atoms with Crippen molar-refractivity contribution in [3.05, 3.63) is 42.4 Å². The summed E-state index contributed by atoms with van der Waals surface area (Å²) in [5.74, 6) is 0.424. The van der Waals surface area contributed by atoms with Gasteiger partial charge in [-0.05, 0) is 12.1 Å². The fraction of sp³-hybridized carbons (Fsp3) is 0.100. The van der Waals surface area contributed by atoms with Gasteiger partial charge in [-0.3, -0.25) is 4.79 Å².